The number of hydrogen-bond donors (Lipinski definition) is 0. The van der Waals surface area contributed by atoms with Crippen molar-refractivity contribution in [3.63, 3.8) is 0 Å². The first-order valence-electron chi connectivity index (χ1n) is 5.36. The van der Waals surface area contributed by atoms with Gasteiger partial charge in [0.05, 0.1) is 0 Å². The van der Waals surface area contributed by atoms with Gasteiger partial charge in [-0.15, -0.1) is 0 Å². The van der Waals surface area contributed by atoms with Crippen LogP contribution in [0.2, 0.25) is 0 Å². The molecule has 0 spiro atoms. The molecule has 0 unspecified atom stereocenters. The first-order chi connectivity index (χ1) is 7.18. The van der Waals surface area contributed by atoms with E-state index in [1.54, 1.807) is 0 Å². The lowest BCUT2D eigenvalue weighted by Gasteiger charge is -2.01. The molecule has 0 aliphatic rings. The molecule has 2 aromatic rings. The third kappa shape index (κ3) is 1.96. The van der Waals surface area contributed by atoms with Gasteiger partial charge in [-0.05, 0) is 32.4 Å². The highest BCUT2D eigenvalue weighted by atomic mass is 14.9. The second kappa shape index (κ2) is 3.93. The quantitative estimate of drug-likeness (QED) is 0.646. The summed E-state index contributed by atoms with van der Waals surface area (Å²) in [5.74, 6) is 0. The highest BCUT2D eigenvalue weighted by Gasteiger charge is 2.02. The molecule has 1 nitrogen and oxygen atoms in total. The zero-order chi connectivity index (χ0) is 10.8. The standard InChI is InChI=1S/C14H17N/c1-11(2)8-9-15-10-12(3)13-6-4-5-7-14(13)15/h4-8,10H,9H2,1-3H3. The van der Waals surface area contributed by atoms with Gasteiger partial charge in [-0.1, -0.05) is 29.8 Å². The highest BCUT2D eigenvalue weighted by Crippen LogP contribution is 2.20. The fourth-order valence-corrected chi connectivity index (χ4v) is 1.86. The van der Waals surface area contributed by atoms with Gasteiger partial charge in [0.2, 0.25) is 0 Å². The number of rotatable bonds is 2. The summed E-state index contributed by atoms with van der Waals surface area (Å²) in [6, 6.07) is 8.56. The van der Waals surface area contributed by atoms with Gasteiger partial charge < -0.3 is 4.57 Å². The van der Waals surface area contributed by atoms with E-state index in [0.717, 1.165) is 6.54 Å². The van der Waals surface area contributed by atoms with Crippen LogP contribution in [0.4, 0.5) is 0 Å². The number of aromatic nitrogens is 1. The number of nitrogens with zero attached hydrogens (tertiary/aromatic N) is 1. The normalized spacial score (nSPS) is 10.6. The molecule has 2 rings (SSSR count). The molecule has 0 saturated heterocycles. The van der Waals surface area contributed by atoms with Crippen molar-refractivity contribution in [2.45, 2.75) is 27.3 Å². The van der Waals surface area contributed by atoms with E-state index in [-0.39, 0.29) is 0 Å². The van der Waals surface area contributed by atoms with Crippen LogP contribution in [-0.2, 0) is 6.54 Å². The predicted molar refractivity (Wildman–Crippen MR) is 66.1 cm³/mol. The van der Waals surface area contributed by atoms with E-state index in [9.17, 15) is 0 Å². The van der Waals surface area contributed by atoms with Crippen LogP contribution < -0.4 is 0 Å². The molecular formula is C14H17N. The third-order valence-corrected chi connectivity index (χ3v) is 2.68. The Morgan fingerprint density at radius 3 is 2.73 bits per heavy atom. The smallest absolute Gasteiger partial charge is 0.0485 e. The lowest BCUT2D eigenvalue weighted by atomic mass is 10.2. The van der Waals surface area contributed by atoms with Crippen molar-refractivity contribution in [1.29, 1.82) is 0 Å². The van der Waals surface area contributed by atoms with Gasteiger partial charge in [0.15, 0.2) is 0 Å². The minimum atomic E-state index is 0.969. The molecular weight excluding hydrogens is 182 g/mol. The molecule has 0 fully saturated rings. The summed E-state index contributed by atoms with van der Waals surface area (Å²) in [7, 11) is 0. The van der Waals surface area contributed by atoms with Crippen molar-refractivity contribution in [3.05, 3.63) is 47.7 Å². The van der Waals surface area contributed by atoms with Crippen LogP contribution in [0.5, 0.6) is 0 Å². The van der Waals surface area contributed by atoms with Crippen LogP contribution >= 0.6 is 0 Å². The summed E-state index contributed by atoms with van der Waals surface area (Å²) in [5, 5.41) is 1.36. The van der Waals surface area contributed by atoms with Crippen LogP contribution in [0.25, 0.3) is 10.9 Å². The van der Waals surface area contributed by atoms with E-state index in [1.165, 1.54) is 22.0 Å². The van der Waals surface area contributed by atoms with Gasteiger partial charge in [0.25, 0.3) is 0 Å². The Bertz CT molecular complexity index is 499. The number of para-hydroxylation sites is 1. The summed E-state index contributed by atoms with van der Waals surface area (Å²) >= 11 is 0. The molecule has 0 atom stereocenters. The Hall–Kier alpha value is -1.50. The molecule has 0 N–H and O–H groups in total. The molecule has 1 heterocycles. The van der Waals surface area contributed by atoms with E-state index >= 15 is 0 Å². The van der Waals surface area contributed by atoms with E-state index in [1.807, 2.05) is 0 Å². The van der Waals surface area contributed by atoms with Crippen molar-refractivity contribution in [2.75, 3.05) is 0 Å². The van der Waals surface area contributed by atoms with Crippen molar-refractivity contribution in [1.82, 2.24) is 4.57 Å². The summed E-state index contributed by atoms with van der Waals surface area (Å²) in [6.07, 6.45) is 4.48. The molecule has 0 aliphatic carbocycles. The van der Waals surface area contributed by atoms with Crippen LogP contribution in [0.1, 0.15) is 19.4 Å². The first kappa shape index (κ1) is 10.0. The summed E-state index contributed by atoms with van der Waals surface area (Å²) in [6.45, 7) is 7.41. The van der Waals surface area contributed by atoms with Crippen molar-refractivity contribution in [2.24, 2.45) is 0 Å². The maximum Gasteiger partial charge on any atom is 0.0485 e. The lowest BCUT2D eigenvalue weighted by molar-refractivity contribution is 0.853. The molecule has 15 heavy (non-hydrogen) atoms. The van der Waals surface area contributed by atoms with Crippen molar-refractivity contribution >= 4 is 10.9 Å². The Morgan fingerprint density at radius 2 is 2.00 bits per heavy atom. The third-order valence-electron chi connectivity index (χ3n) is 2.68. The van der Waals surface area contributed by atoms with Gasteiger partial charge in [-0.2, -0.15) is 0 Å². The maximum absolute atomic E-state index is 2.30. The van der Waals surface area contributed by atoms with E-state index in [0.29, 0.717) is 0 Å². The predicted octanol–water partition coefficient (Wildman–Crippen LogP) is 3.92. The molecule has 0 amide bonds. The number of aryl methyl sites for hydroxylation is 1. The van der Waals surface area contributed by atoms with Crippen molar-refractivity contribution < 1.29 is 0 Å². The number of benzene rings is 1. The number of fused-ring (bicyclic) bond motifs is 1. The molecule has 1 aromatic carbocycles. The van der Waals surface area contributed by atoms with Gasteiger partial charge in [-0.25, -0.2) is 0 Å². The summed E-state index contributed by atoms with van der Waals surface area (Å²) < 4.78 is 2.30. The second-order valence-electron chi connectivity index (χ2n) is 4.26. The SMILES string of the molecule is CC(C)=CCn1cc(C)c2ccccc21. The average Bonchev–Trinajstić information content (AvgIpc) is 2.54. The first-order valence-corrected chi connectivity index (χ1v) is 5.36. The Kier molecular flexibility index (Phi) is 2.63. The maximum atomic E-state index is 2.30. The van der Waals surface area contributed by atoms with Gasteiger partial charge in [0, 0.05) is 23.6 Å². The topological polar surface area (TPSA) is 4.93 Å². The zero-order valence-electron chi connectivity index (χ0n) is 9.62. The van der Waals surface area contributed by atoms with E-state index in [2.05, 4.69) is 61.9 Å². The van der Waals surface area contributed by atoms with Gasteiger partial charge in [0.1, 0.15) is 0 Å². The van der Waals surface area contributed by atoms with E-state index < -0.39 is 0 Å². The highest BCUT2D eigenvalue weighted by molar-refractivity contribution is 5.83. The molecule has 0 saturated carbocycles. The molecule has 0 bridgehead atoms. The van der Waals surface area contributed by atoms with Crippen LogP contribution in [-0.4, -0.2) is 4.57 Å². The summed E-state index contributed by atoms with van der Waals surface area (Å²) in [4.78, 5) is 0. The molecule has 0 aliphatic heterocycles. The van der Waals surface area contributed by atoms with Gasteiger partial charge >= 0.3 is 0 Å². The van der Waals surface area contributed by atoms with Gasteiger partial charge in [-0.3, -0.25) is 0 Å². The summed E-state index contributed by atoms with van der Waals surface area (Å²) in [5.41, 5.74) is 4.05. The molecule has 78 valence electrons. The fourth-order valence-electron chi connectivity index (χ4n) is 1.86. The van der Waals surface area contributed by atoms with Crippen LogP contribution in [0.3, 0.4) is 0 Å². The Labute approximate surface area is 91.0 Å². The zero-order valence-corrected chi connectivity index (χ0v) is 9.62. The van der Waals surface area contributed by atoms with Crippen molar-refractivity contribution in [3.8, 4) is 0 Å². The van der Waals surface area contributed by atoms with E-state index in [4.69, 9.17) is 0 Å². The number of allylic oxidation sites excluding steroid dienone is 2. The fraction of sp³-hybridized carbons (Fsp3) is 0.286. The minimum Gasteiger partial charge on any atom is -0.343 e. The van der Waals surface area contributed by atoms with Crippen LogP contribution in [0.15, 0.2) is 42.1 Å². The largest absolute Gasteiger partial charge is 0.343 e. The lowest BCUT2D eigenvalue weighted by Crippen LogP contribution is -1.92. The van der Waals surface area contributed by atoms with Crippen LogP contribution in [0, 0.1) is 6.92 Å². The Morgan fingerprint density at radius 1 is 1.27 bits per heavy atom. The molecule has 1 heteroatoms. The number of hydrogen-bond acceptors (Lipinski definition) is 0. The monoisotopic (exact) mass is 199 g/mol. The minimum absolute atomic E-state index is 0.969. The second-order valence-corrected chi connectivity index (χ2v) is 4.26. The molecule has 1 aromatic heterocycles. The Balaban J connectivity index is 2.48. The molecule has 0 radical (unpaired) electrons. The average molecular weight is 199 g/mol.